The lowest BCUT2D eigenvalue weighted by Crippen LogP contribution is -2.10. The first-order valence-corrected chi connectivity index (χ1v) is 30.1. The molecule has 0 atom stereocenters. The summed E-state index contributed by atoms with van der Waals surface area (Å²) in [6.07, 6.45) is 0. The van der Waals surface area contributed by atoms with E-state index in [1.807, 2.05) is 0 Å². The molecule has 6 heteroatoms. The second-order valence-electron chi connectivity index (χ2n) is 24.5. The van der Waals surface area contributed by atoms with Crippen molar-refractivity contribution < 1.29 is 8.83 Å². The lowest BCUT2D eigenvalue weighted by Gasteiger charge is -2.26. The quantitative estimate of drug-likeness (QED) is 0.152. The Hall–Kier alpha value is -10.8. The first-order chi connectivity index (χ1) is 42.3. The van der Waals surface area contributed by atoms with Crippen LogP contribution in [0.4, 0.5) is 34.1 Å². The van der Waals surface area contributed by atoms with Gasteiger partial charge in [0.15, 0.2) is 0 Å². The van der Waals surface area contributed by atoms with Crippen LogP contribution in [-0.4, -0.2) is 8.80 Å². The molecule has 406 valence electrons. The molecule has 13 aromatic carbocycles. The molecule has 0 unspecified atom stereocenters. The van der Waals surface area contributed by atoms with Crippen LogP contribution < -0.4 is 9.80 Å². The highest BCUT2D eigenvalue weighted by Gasteiger charge is 2.26. The summed E-state index contributed by atoms with van der Waals surface area (Å²) in [6.45, 7) is 9.03. The van der Waals surface area contributed by atoms with Crippen LogP contribution in [-0.2, 0) is 0 Å². The van der Waals surface area contributed by atoms with Crippen molar-refractivity contribution in [2.75, 3.05) is 9.80 Å². The molecule has 0 saturated heterocycles. The van der Waals surface area contributed by atoms with Crippen molar-refractivity contribution in [3.63, 3.8) is 0 Å². The number of anilines is 6. The van der Waals surface area contributed by atoms with E-state index in [0.717, 1.165) is 99.5 Å². The molecule has 0 aliphatic heterocycles. The molecule has 0 N–H and O–H groups in total. The monoisotopic (exact) mass is 1100 g/mol. The number of furan rings is 2. The standard InChI is InChI=1S/C80H54N4O2/c1-45(2)47-21-27-53(28-22-47)81(57-41-65-59-13-5-9-17-70(59)83-71-18-10-6-14-60(71)66(42-57)78(65)83)55-31-25-49-37-64-63-33-34-74-77(80(63)86-75(64)39-51(49)35-55)69-38-50-26-32-56(36-52(50)40-76(69)85-74)82(54-29-23-48(24-30-54)46(3)4)58-43-67-61-15-7-11-19-72(61)84-73-20-12-8-16-62(73)68(44-58)79(67)84/h5-46H,1-4H3. The molecule has 0 aliphatic rings. The summed E-state index contributed by atoms with van der Waals surface area (Å²) in [7, 11) is 0. The molecule has 6 heterocycles. The van der Waals surface area contributed by atoms with Crippen molar-refractivity contribution in [1.29, 1.82) is 0 Å². The predicted molar refractivity (Wildman–Crippen MR) is 363 cm³/mol. The minimum Gasteiger partial charge on any atom is -0.456 e. The average Bonchev–Trinajstić information content (AvgIpc) is 1.86. The lowest BCUT2D eigenvalue weighted by molar-refractivity contribution is 0.663. The highest BCUT2D eigenvalue weighted by Crippen LogP contribution is 2.49. The van der Waals surface area contributed by atoms with Gasteiger partial charge < -0.3 is 27.4 Å². The van der Waals surface area contributed by atoms with Gasteiger partial charge in [0.05, 0.1) is 38.5 Å². The molecule has 6 aromatic heterocycles. The Kier molecular flexibility index (Phi) is 9.63. The highest BCUT2D eigenvalue weighted by molar-refractivity contribution is 6.27. The van der Waals surface area contributed by atoms with Crippen LogP contribution in [0, 0.1) is 0 Å². The van der Waals surface area contributed by atoms with Crippen LogP contribution >= 0.6 is 0 Å². The zero-order valence-electron chi connectivity index (χ0n) is 47.9. The van der Waals surface area contributed by atoms with Crippen LogP contribution in [0.2, 0.25) is 0 Å². The molecule has 0 saturated carbocycles. The number of fused-ring (bicyclic) bond motifs is 21. The molecule has 86 heavy (non-hydrogen) atoms. The molecular weight excluding hydrogens is 1050 g/mol. The van der Waals surface area contributed by atoms with Gasteiger partial charge in [-0.3, -0.25) is 0 Å². The van der Waals surface area contributed by atoms with E-state index < -0.39 is 0 Å². The summed E-state index contributed by atoms with van der Waals surface area (Å²) in [4.78, 5) is 4.86. The van der Waals surface area contributed by atoms with Crippen LogP contribution in [0.25, 0.3) is 142 Å². The zero-order chi connectivity index (χ0) is 56.8. The van der Waals surface area contributed by atoms with Crippen LogP contribution in [0.1, 0.15) is 50.7 Å². The molecule has 6 nitrogen and oxygen atoms in total. The van der Waals surface area contributed by atoms with Crippen LogP contribution in [0.5, 0.6) is 0 Å². The maximum absolute atomic E-state index is 7.09. The van der Waals surface area contributed by atoms with Gasteiger partial charge in [-0.2, -0.15) is 0 Å². The van der Waals surface area contributed by atoms with Gasteiger partial charge >= 0.3 is 0 Å². The van der Waals surface area contributed by atoms with Crippen LogP contribution in [0.15, 0.2) is 251 Å². The Labute approximate surface area is 493 Å². The maximum atomic E-state index is 7.09. The fraction of sp³-hybridized carbons (Fsp3) is 0.0750. The normalized spacial score (nSPS) is 12.6. The minimum atomic E-state index is 0.420. The van der Waals surface area contributed by atoms with E-state index in [9.17, 15) is 0 Å². The minimum absolute atomic E-state index is 0.420. The zero-order valence-corrected chi connectivity index (χ0v) is 47.9. The maximum Gasteiger partial charge on any atom is 0.147 e. The number of benzene rings is 13. The van der Waals surface area contributed by atoms with Gasteiger partial charge in [-0.25, -0.2) is 0 Å². The van der Waals surface area contributed by atoms with Gasteiger partial charge in [0.2, 0.25) is 0 Å². The van der Waals surface area contributed by atoms with Crippen molar-refractivity contribution >= 4 is 176 Å². The smallest absolute Gasteiger partial charge is 0.147 e. The molecule has 0 amide bonds. The highest BCUT2D eigenvalue weighted by atomic mass is 16.3. The summed E-state index contributed by atoms with van der Waals surface area (Å²) >= 11 is 0. The molecule has 19 rings (SSSR count). The number of nitrogens with zero attached hydrogens (tertiary/aromatic N) is 4. The van der Waals surface area contributed by atoms with E-state index in [4.69, 9.17) is 8.83 Å². The van der Waals surface area contributed by atoms with Crippen LogP contribution in [0.3, 0.4) is 0 Å². The summed E-state index contributed by atoms with van der Waals surface area (Å²) < 4.78 is 18.8. The van der Waals surface area contributed by atoms with E-state index in [1.54, 1.807) is 0 Å². The predicted octanol–water partition coefficient (Wildman–Crippen LogP) is 23.3. The Balaban J connectivity index is 0.750. The number of rotatable bonds is 8. The third-order valence-corrected chi connectivity index (χ3v) is 19.0. The summed E-state index contributed by atoms with van der Waals surface area (Å²) in [5, 5.41) is 18.7. The third kappa shape index (κ3) is 6.61. The molecule has 0 bridgehead atoms. The summed E-state index contributed by atoms with van der Waals surface area (Å²) in [5.41, 5.74) is 19.9. The van der Waals surface area contributed by atoms with E-state index in [2.05, 4.69) is 289 Å². The Morgan fingerprint density at radius 3 is 1.10 bits per heavy atom. The second kappa shape index (κ2) is 17.4. The first kappa shape index (κ1) is 47.6. The van der Waals surface area contributed by atoms with Crippen molar-refractivity contribution in [1.82, 2.24) is 8.80 Å². The number of para-hydroxylation sites is 4. The van der Waals surface area contributed by atoms with Gasteiger partial charge in [0.1, 0.15) is 22.3 Å². The van der Waals surface area contributed by atoms with Gasteiger partial charge in [-0.15, -0.1) is 0 Å². The fourth-order valence-corrected chi connectivity index (χ4v) is 14.9. The second-order valence-corrected chi connectivity index (χ2v) is 24.5. The summed E-state index contributed by atoms with van der Waals surface area (Å²) in [6, 6.07) is 90.2. The van der Waals surface area contributed by atoms with Crippen molar-refractivity contribution in [3.8, 4) is 0 Å². The van der Waals surface area contributed by atoms with Crippen molar-refractivity contribution in [2.45, 2.75) is 39.5 Å². The number of hydrogen-bond acceptors (Lipinski definition) is 4. The third-order valence-electron chi connectivity index (χ3n) is 19.0. The van der Waals surface area contributed by atoms with Gasteiger partial charge in [-0.1, -0.05) is 137 Å². The van der Waals surface area contributed by atoms with Crippen molar-refractivity contribution in [2.24, 2.45) is 0 Å². The molecular formula is C80H54N4O2. The largest absolute Gasteiger partial charge is 0.456 e. The average molecular weight is 1100 g/mol. The number of hydrogen-bond donors (Lipinski definition) is 0. The molecule has 19 aromatic rings. The van der Waals surface area contributed by atoms with Crippen molar-refractivity contribution in [3.05, 3.63) is 254 Å². The first-order valence-electron chi connectivity index (χ1n) is 30.1. The Morgan fingerprint density at radius 2 is 0.674 bits per heavy atom. The molecule has 0 spiro atoms. The molecule has 0 fully saturated rings. The Bertz CT molecular complexity index is 5870. The molecule has 0 radical (unpaired) electrons. The number of aromatic nitrogens is 2. The van der Waals surface area contributed by atoms with E-state index >= 15 is 0 Å². The van der Waals surface area contributed by atoms with E-state index in [0.29, 0.717) is 11.8 Å². The fourth-order valence-electron chi connectivity index (χ4n) is 14.9. The van der Waals surface area contributed by atoms with E-state index in [1.165, 1.54) is 87.3 Å². The van der Waals surface area contributed by atoms with Gasteiger partial charge in [0.25, 0.3) is 0 Å². The molecule has 0 aliphatic carbocycles. The lowest BCUT2D eigenvalue weighted by atomic mass is 10.0. The topological polar surface area (TPSA) is 41.6 Å². The van der Waals surface area contributed by atoms with Gasteiger partial charge in [-0.05, 0) is 178 Å². The van der Waals surface area contributed by atoms with Gasteiger partial charge in [0, 0.05) is 93.4 Å². The Morgan fingerprint density at radius 1 is 0.279 bits per heavy atom. The summed E-state index contributed by atoms with van der Waals surface area (Å²) in [5.74, 6) is 0.840. The SMILES string of the molecule is CC(C)c1ccc(N(c2ccc3cc4c(cc3c2)oc2c4ccc3oc4cc5cc(N(c6ccc(C(C)C)cc6)c6cc7c8ccccc8n8c9ccccc9c(c6)c78)ccc5cc4c32)c2cc3c4ccccc4n4c5ccccc5c(c2)c34)cc1. The van der Waals surface area contributed by atoms with E-state index in [-0.39, 0.29) is 0 Å².